The van der Waals surface area contributed by atoms with Crippen LogP contribution in [0.15, 0.2) is 41.2 Å². The molecule has 1 aromatic heterocycles. The highest BCUT2D eigenvalue weighted by Crippen LogP contribution is 2.25. The van der Waals surface area contributed by atoms with Crippen molar-refractivity contribution in [3.8, 4) is 17.0 Å². The third-order valence-electron chi connectivity index (χ3n) is 3.10. The van der Waals surface area contributed by atoms with Gasteiger partial charge < -0.3 is 10.1 Å². The summed E-state index contributed by atoms with van der Waals surface area (Å²) in [6, 6.07) is 10.7. The second-order valence-electron chi connectivity index (χ2n) is 4.77. The van der Waals surface area contributed by atoms with Gasteiger partial charge in [0.1, 0.15) is 12.2 Å². The molecule has 22 heavy (non-hydrogen) atoms. The molecule has 0 bridgehead atoms. The molecule has 6 nitrogen and oxygen atoms in total. The van der Waals surface area contributed by atoms with E-state index in [9.17, 15) is 9.59 Å². The van der Waals surface area contributed by atoms with Gasteiger partial charge in [0.25, 0.3) is 5.56 Å². The molecular formula is C16H19N3O3. The Kier molecular flexibility index (Phi) is 5.30. The number of amides is 1. The molecule has 0 aliphatic carbocycles. The zero-order chi connectivity index (χ0) is 15.9. The van der Waals surface area contributed by atoms with E-state index in [0.29, 0.717) is 18.0 Å². The van der Waals surface area contributed by atoms with Crippen molar-refractivity contribution in [3.63, 3.8) is 0 Å². The zero-order valence-electron chi connectivity index (χ0n) is 12.7. The number of carbonyl (C=O) groups is 1. The van der Waals surface area contributed by atoms with Crippen molar-refractivity contribution in [3.05, 3.63) is 46.8 Å². The molecule has 0 aliphatic rings. The van der Waals surface area contributed by atoms with E-state index in [-0.39, 0.29) is 18.0 Å². The first-order valence-corrected chi connectivity index (χ1v) is 7.14. The van der Waals surface area contributed by atoms with Crippen molar-refractivity contribution in [1.82, 2.24) is 15.1 Å². The maximum absolute atomic E-state index is 12.0. The number of rotatable bonds is 6. The lowest BCUT2D eigenvalue weighted by Crippen LogP contribution is -2.34. The molecule has 0 radical (unpaired) electrons. The van der Waals surface area contributed by atoms with Crippen LogP contribution in [0.4, 0.5) is 0 Å². The molecule has 0 unspecified atom stereocenters. The highest BCUT2D eigenvalue weighted by molar-refractivity contribution is 5.75. The maximum Gasteiger partial charge on any atom is 0.270 e. The Morgan fingerprint density at radius 3 is 2.68 bits per heavy atom. The molecule has 0 fully saturated rings. The lowest BCUT2D eigenvalue weighted by atomic mass is 10.1. The van der Waals surface area contributed by atoms with Crippen LogP contribution in [0.2, 0.25) is 0 Å². The number of hydrogen-bond acceptors (Lipinski definition) is 4. The van der Waals surface area contributed by atoms with E-state index in [0.717, 1.165) is 16.7 Å². The first-order valence-electron chi connectivity index (χ1n) is 7.14. The number of nitrogens with zero attached hydrogens (tertiary/aromatic N) is 2. The molecule has 1 heterocycles. The molecule has 2 aromatic rings. The van der Waals surface area contributed by atoms with E-state index in [4.69, 9.17) is 4.74 Å². The fourth-order valence-electron chi connectivity index (χ4n) is 2.00. The standard InChI is InChI=1S/C16H19N3O3/c1-3-9-17-14(20)11-19-15(21)10-13(22-2)16(18-19)12-7-5-4-6-8-12/h4-8,10H,3,9,11H2,1-2H3,(H,17,20). The van der Waals surface area contributed by atoms with Crippen LogP contribution in [0.25, 0.3) is 11.3 Å². The number of ether oxygens (including phenoxy) is 1. The second-order valence-corrected chi connectivity index (χ2v) is 4.77. The number of aromatic nitrogens is 2. The zero-order valence-corrected chi connectivity index (χ0v) is 12.7. The molecule has 0 aliphatic heterocycles. The van der Waals surface area contributed by atoms with Gasteiger partial charge >= 0.3 is 0 Å². The van der Waals surface area contributed by atoms with Crippen LogP contribution in [-0.2, 0) is 11.3 Å². The van der Waals surface area contributed by atoms with E-state index >= 15 is 0 Å². The third-order valence-corrected chi connectivity index (χ3v) is 3.10. The molecule has 0 spiro atoms. The molecule has 1 amide bonds. The first kappa shape index (κ1) is 15.8. The van der Waals surface area contributed by atoms with Gasteiger partial charge in [-0.05, 0) is 6.42 Å². The highest BCUT2D eigenvalue weighted by Gasteiger charge is 2.13. The van der Waals surface area contributed by atoms with Gasteiger partial charge in [-0.2, -0.15) is 5.10 Å². The Balaban J connectivity index is 2.36. The van der Waals surface area contributed by atoms with Crippen molar-refractivity contribution in [1.29, 1.82) is 0 Å². The Morgan fingerprint density at radius 1 is 1.32 bits per heavy atom. The minimum absolute atomic E-state index is 0.108. The fourth-order valence-corrected chi connectivity index (χ4v) is 2.00. The quantitative estimate of drug-likeness (QED) is 0.876. The lowest BCUT2D eigenvalue weighted by molar-refractivity contribution is -0.121. The van der Waals surface area contributed by atoms with E-state index in [1.807, 2.05) is 37.3 Å². The van der Waals surface area contributed by atoms with Crippen LogP contribution >= 0.6 is 0 Å². The van der Waals surface area contributed by atoms with Gasteiger partial charge in [0.15, 0.2) is 5.75 Å². The third kappa shape index (κ3) is 3.72. The number of carbonyl (C=O) groups excluding carboxylic acids is 1. The average molecular weight is 301 g/mol. The van der Waals surface area contributed by atoms with Crippen LogP contribution in [0.5, 0.6) is 5.75 Å². The number of nitrogens with one attached hydrogen (secondary N) is 1. The normalized spacial score (nSPS) is 10.3. The molecule has 0 atom stereocenters. The number of hydrogen-bond donors (Lipinski definition) is 1. The second kappa shape index (κ2) is 7.40. The van der Waals surface area contributed by atoms with Gasteiger partial charge in [0.05, 0.1) is 7.11 Å². The monoisotopic (exact) mass is 301 g/mol. The van der Waals surface area contributed by atoms with E-state index < -0.39 is 0 Å². The van der Waals surface area contributed by atoms with Gasteiger partial charge in [-0.1, -0.05) is 37.3 Å². The Bertz CT molecular complexity index is 696. The van der Waals surface area contributed by atoms with Gasteiger partial charge in [0, 0.05) is 18.2 Å². The molecule has 6 heteroatoms. The van der Waals surface area contributed by atoms with E-state index in [1.54, 1.807) is 0 Å². The van der Waals surface area contributed by atoms with Gasteiger partial charge in [0.2, 0.25) is 5.91 Å². The van der Waals surface area contributed by atoms with Crippen molar-refractivity contribution in [2.45, 2.75) is 19.9 Å². The minimum Gasteiger partial charge on any atom is -0.494 e. The fraction of sp³-hybridized carbons (Fsp3) is 0.312. The van der Waals surface area contributed by atoms with Crippen molar-refractivity contribution in [2.75, 3.05) is 13.7 Å². The Labute approximate surface area is 128 Å². The smallest absolute Gasteiger partial charge is 0.270 e. The van der Waals surface area contributed by atoms with Crippen LogP contribution in [0.1, 0.15) is 13.3 Å². The molecule has 0 saturated heterocycles. The summed E-state index contributed by atoms with van der Waals surface area (Å²) in [5.41, 5.74) is 0.983. The lowest BCUT2D eigenvalue weighted by Gasteiger charge is -2.11. The van der Waals surface area contributed by atoms with Crippen molar-refractivity contribution in [2.24, 2.45) is 0 Å². The Morgan fingerprint density at radius 2 is 2.05 bits per heavy atom. The summed E-state index contributed by atoms with van der Waals surface area (Å²) >= 11 is 0. The predicted molar refractivity (Wildman–Crippen MR) is 83.8 cm³/mol. The number of methoxy groups -OCH3 is 1. The SMILES string of the molecule is CCCNC(=O)Cn1nc(-c2ccccc2)c(OC)cc1=O. The van der Waals surface area contributed by atoms with Crippen LogP contribution in [-0.4, -0.2) is 29.3 Å². The first-order chi connectivity index (χ1) is 10.7. The topological polar surface area (TPSA) is 73.2 Å². The summed E-state index contributed by atoms with van der Waals surface area (Å²) in [5.74, 6) is 0.155. The van der Waals surface area contributed by atoms with Crippen molar-refractivity contribution < 1.29 is 9.53 Å². The molecule has 1 N–H and O–H groups in total. The number of benzene rings is 1. The van der Waals surface area contributed by atoms with E-state index in [1.165, 1.54) is 13.2 Å². The van der Waals surface area contributed by atoms with Crippen LogP contribution in [0, 0.1) is 0 Å². The van der Waals surface area contributed by atoms with Crippen LogP contribution in [0.3, 0.4) is 0 Å². The van der Waals surface area contributed by atoms with Crippen molar-refractivity contribution >= 4 is 5.91 Å². The highest BCUT2D eigenvalue weighted by atomic mass is 16.5. The summed E-state index contributed by atoms with van der Waals surface area (Å²) in [6.07, 6.45) is 0.839. The van der Waals surface area contributed by atoms with Gasteiger partial charge in [-0.25, -0.2) is 4.68 Å². The minimum atomic E-state index is -0.372. The molecule has 116 valence electrons. The average Bonchev–Trinajstić information content (AvgIpc) is 2.55. The van der Waals surface area contributed by atoms with Crippen LogP contribution < -0.4 is 15.6 Å². The van der Waals surface area contributed by atoms with Gasteiger partial charge in [-0.15, -0.1) is 0 Å². The summed E-state index contributed by atoms with van der Waals surface area (Å²) in [7, 11) is 1.49. The Hall–Kier alpha value is -2.63. The molecule has 1 aromatic carbocycles. The molecular weight excluding hydrogens is 282 g/mol. The maximum atomic E-state index is 12.0. The summed E-state index contributed by atoms with van der Waals surface area (Å²) in [5, 5.41) is 7.01. The summed E-state index contributed by atoms with van der Waals surface area (Å²) in [6.45, 7) is 2.43. The molecule has 0 saturated carbocycles. The van der Waals surface area contributed by atoms with E-state index in [2.05, 4.69) is 10.4 Å². The summed E-state index contributed by atoms with van der Waals surface area (Å²) < 4.78 is 6.38. The predicted octanol–water partition coefficient (Wildman–Crippen LogP) is 1.45. The van der Waals surface area contributed by atoms with Gasteiger partial charge in [-0.3, -0.25) is 9.59 Å². The molecule has 2 rings (SSSR count). The summed E-state index contributed by atoms with van der Waals surface area (Å²) in [4.78, 5) is 23.8. The largest absolute Gasteiger partial charge is 0.494 e.